The molecule has 32 heavy (non-hydrogen) atoms. The molecule has 0 spiro atoms. The smallest absolute Gasteiger partial charge is 0.251 e. The number of fused-ring (bicyclic) bond motifs is 6. The van der Waals surface area contributed by atoms with Gasteiger partial charge in [-0.1, -0.05) is 24.8 Å². The maximum Gasteiger partial charge on any atom is 0.251 e. The molecule has 2 amide bonds. The lowest BCUT2D eigenvalue weighted by Gasteiger charge is -2.13. The zero-order chi connectivity index (χ0) is 22.3. The Morgan fingerprint density at radius 3 is 2.25 bits per heavy atom. The first-order valence-electron chi connectivity index (χ1n) is 10.1. The van der Waals surface area contributed by atoms with Crippen molar-refractivity contribution < 1.29 is 9.59 Å². The molecule has 0 aliphatic carbocycles. The van der Waals surface area contributed by atoms with Gasteiger partial charge in [-0.05, 0) is 35.9 Å². The Morgan fingerprint density at radius 2 is 1.47 bits per heavy atom. The molecule has 6 bridgehead atoms. The van der Waals surface area contributed by atoms with Crippen LogP contribution in [0.25, 0.3) is 0 Å². The third-order valence-electron chi connectivity index (χ3n) is 4.71. The van der Waals surface area contributed by atoms with Crippen molar-refractivity contribution in [2.75, 3.05) is 23.7 Å². The molecular formula is C23H23N7O2. The topological polar surface area (TPSA) is 120 Å². The van der Waals surface area contributed by atoms with Crippen LogP contribution in [0.5, 0.6) is 0 Å². The number of rotatable bonds is 0. The molecule has 9 heteroatoms. The molecule has 0 fully saturated rings. The quantitative estimate of drug-likeness (QED) is 0.372. The van der Waals surface area contributed by atoms with Crippen LogP contribution in [0.1, 0.15) is 15.9 Å². The zero-order valence-electron chi connectivity index (χ0n) is 17.3. The van der Waals surface area contributed by atoms with Crippen LogP contribution in [0.15, 0.2) is 73.2 Å². The van der Waals surface area contributed by atoms with Gasteiger partial charge >= 0.3 is 0 Å². The molecule has 1 aromatic heterocycles. The van der Waals surface area contributed by atoms with Crippen molar-refractivity contribution in [1.29, 1.82) is 0 Å². The second-order valence-electron chi connectivity index (χ2n) is 7.24. The molecule has 0 saturated carbocycles. The molecule has 0 unspecified atom stereocenters. The maximum absolute atomic E-state index is 12.5. The van der Waals surface area contributed by atoms with Crippen LogP contribution in [0.3, 0.4) is 0 Å². The van der Waals surface area contributed by atoms with E-state index in [0.29, 0.717) is 35.1 Å². The van der Waals surface area contributed by atoms with Crippen LogP contribution in [0, 0.1) is 0 Å². The first-order valence-corrected chi connectivity index (χ1v) is 10.1. The fraction of sp³-hybridized carbons (Fsp3) is 0.130. The van der Waals surface area contributed by atoms with Crippen LogP contribution in [0.2, 0.25) is 0 Å². The van der Waals surface area contributed by atoms with Crippen LogP contribution in [0.4, 0.5) is 23.0 Å². The van der Waals surface area contributed by atoms with Crippen molar-refractivity contribution in [1.82, 2.24) is 25.9 Å². The van der Waals surface area contributed by atoms with Gasteiger partial charge in [-0.3, -0.25) is 9.59 Å². The summed E-state index contributed by atoms with van der Waals surface area (Å²) in [5.41, 5.74) is 3.51. The average Bonchev–Trinajstić information content (AvgIpc) is 2.80. The monoisotopic (exact) mass is 429 g/mol. The van der Waals surface area contributed by atoms with Gasteiger partial charge in [-0.15, -0.1) is 0 Å². The zero-order valence-corrected chi connectivity index (χ0v) is 17.3. The summed E-state index contributed by atoms with van der Waals surface area (Å²) in [6.45, 7) is 4.51. The van der Waals surface area contributed by atoms with Crippen molar-refractivity contribution in [3.63, 3.8) is 0 Å². The molecule has 4 rings (SSSR count). The molecule has 2 heterocycles. The molecule has 9 nitrogen and oxygen atoms in total. The molecule has 1 aliphatic heterocycles. The van der Waals surface area contributed by atoms with Crippen LogP contribution in [-0.2, 0) is 11.3 Å². The third kappa shape index (κ3) is 5.60. The second kappa shape index (κ2) is 9.61. The summed E-state index contributed by atoms with van der Waals surface area (Å²) in [4.78, 5) is 33.2. The van der Waals surface area contributed by atoms with E-state index in [1.165, 1.54) is 6.33 Å². The molecule has 0 saturated heterocycles. The molecule has 162 valence electrons. The first-order chi connectivity index (χ1) is 15.5. The van der Waals surface area contributed by atoms with Gasteiger partial charge in [0.2, 0.25) is 5.91 Å². The number of nitrogens with zero attached hydrogens (tertiary/aromatic N) is 2. The number of aromatic nitrogens is 2. The van der Waals surface area contributed by atoms with Crippen molar-refractivity contribution in [2.45, 2.75) is 6.54 Å². The summed E-state index contributed by atoms with van der Waals surface area (Å²) in [5.74, 6) is 0.758. The first kappa shape index (κ1) is 20.9. The molecule has 5 N–H and O–H groups in total. The lowest BCUT2D eigenvalue weighted by Crippen LogP contribution is -2.36. The standard InChI is InChI=1S/C23H23N7O2/c1-15-11-26-23(32)17-5-3-7-19(9-17)30-21-10-20(27-14-28-21)29-18-6-2-4-16(8-18)12-25-22(31)13-24-15/h2-10,14,24H,1,11-13H2,(H,25,31)(H,26,32)(H2,27,28,29,30). The fourth-order valence-electron chi connectivity index (χ4n) is 3.11. The minimum absolute atomic E-state index is 0.0652. The Hall–Kier alpha value is -4.40. The number of hydrogen-bond acceptors (Lipinski definition) is 7. The number of hydrogen-bond donors (Lipinski definition) is 5. The van der Waals surface area contributed by atoms with E-state index in [1.54, 1.807) is 24.3 Å². The number of carbonyl (C=O) groups excluding carboxylic acids is 2. The number of amides is 2. The summed E-state index contributed by atoms with van der Waals surface area (Å²) in [5, 5.41) is 15.0. The van der Waals surface area contributed by atoms with Gasteiger partial charge < -0.3 is 26.6 Å². The van der Waals surface area contributed by atoms with Gasteiger partial charge in [0.1, 0.15) is 18.0 Å². The van der Waals surface area contributed by atoms with Crippen molar-refractivity contribution in [2.24, 2.45) is 0 Å². The molecule has 0 radical (unpaired) electrons. The predicted octanol–water partition coefficient (Wildman–Crippen LogP) is 2.43. The van der Waals surface area contributed by atoms with Gasteiger partial charge in [0.25, 0.3) is 5.91 Å². The van der Waals surface area contributed by atoms with E-state index in [2.05, 4.69) is 43.1 Å². The summed E-state index contributed by atoms with van der Waals surface area (Å²) in [7, 11) is 0. The van der Waals surface area contributed by atoms with Crippen LogP contribution >= 0.6 is 0 Å². The van der Waals surface area contributed by atoms with E-state index in [9.17, 15) is 9.59 Å². The highest BCUT2D eigenvalue weighted by Gasteiger charge is 2.09. The molecular weight excluding hydrogens is 406 g/mol. The maximum atomic E-state index is 12.5. The van der Waals surface area contributed by atoms with Gasteiger partial charge in [0.15, 0.2) is 0 Å². The van der Waals surface area contributed by atoms with E-state index in [4.69, 9.17) is 0 Å². The summed E-state index contributed by atoms with van der Waals surface area (Å²) in [6, 6.07) is 16.6. The Balaban J connectivity index is 1.61. The number of anilines is 4. The highest BCUT2D eigenvalue weighted by molar-refractivity contribution is 5.95. The summed E-state index contributed by atoms with van der Waals surface area (Å²) in [6.07, 6.45) is 1.45. The van der Waals surface area contributed by atoms with E-state index in [0.717, 1.165) is 11.3 Å². The minimum atomic E-state index is -0.251. The number of benzene rings is 2. The SMILES string of the molecule is C=C1CNC(=O)c2cccc(c2)Nc2cc(ncn2)Nc2cccc(c2)CNC(=O)CN1. The Labute approximate surface area is 185 Å². The van der Waals surface area contributed by atoms with Gasteiger partial charge in [0.05, 0.1) is 13.1 Å². The molecule has 2 aromatic carbocycles. The summed E-state index contributed by atoms with van der Waals surface area (Å²) >= 11 is 0. The Morgan fingerprint density at radius 1 is 0.750 bits per heavy atom. The lowest BCUT2D eigenvalue weighted by molar-refractivity contribution is -0.120. The normalized spacial score (nSPS) is 14.7. The highest BCUT2D eigenvalue weighted by atomic mass is 16.2. The van der Waals surface area contributed by atoms with Crippen molar-refractivity contribution in [3.05, 3.63) is 84.3 Å². The second-order valence-corrected chi connectivity index (χ2v) is 7.24. The largest absolute Gasteiger partial charge is 0.379 e. The highest BCUT2D eigenvalue weighted by Crippen LogP contribution is 2.21. The van der Waals surface area contributed by atoms with E-state index >= 15 is 0 Å². The fourth-order valence-corrected chi connectivity index (χ4v) is 3.11. The minimum Gasteiger partial charge on any atom is -0.379 e. The van der Waals surface area contributed by atoms with Crippen molar-refractivity contribution >= 4 is 34.8 Å². The Bertz CT molecular complexity index is 1160. The lowest BCUT2D eigenvalue weighted by atomic mass is 10.2. The van der Waals surface area contributed by atoms with Gasteiger partial charge in [-0.2, -0.15) is 0 Å². The number of nitrogens with one attached hydrogen (secondary N) is 5. The average molecular weight is 429 g/mol. The van der Waals surface area contributed by atoms with Crippen LogP contribution in [-0.4, -0.2) is 34.9 Å². The van der Waals surface area contributed by atoms with E-state index in [-0.39, 0.29) is 24.9 Å². The predicted molar refractivity (Wildman–Crippen MR) is 123 cm³/mol. The third-order valence-corrected chi connectivity index (χ3v) is 4.71. The Kier molecular flexibility index (Phi) is 6.26. The van der Waals surface area contributed by atoms with E-state index < -0.39 is 0 Å². The van der Waals surface area contributed by atoms with Gasteiger partial charge in [-0.25, -0.2) is 9.97 Å². The van der Waals surface area contributed by atoms with Crippen LogP contribution < -0.4 is 26.6 Å². The molecule has 0 atom stereocenters. The van der Waals surface area contributed by atoms with Gasteiger partial charge in [0, 0.05) is 35.2 Å². The molecule has 1 aliphatic rings. The molecule has 3 aromatic rings. The summed E-state index contributed by atoms with van der Waals surface area (Å²) < 4.78 is 0. The van der Waals surface area contributed by atoms with Crippen molar-refractivity contribution in [3.8, 4) is 0 Å². The number of carbonyl (C=O) groups is 2. The van der Waals surface area contributed by atoms with E-state index in [1.807, 2.05) is 30.3 Å².